The van der Waals surface area contributed by atoms with Crippen molar-refractivity contribution < 1.29 is 8.78 Å². The first kappa shape index (κ1) is 17.7. The van der Waals surface area contributed by atoms with Crippen LogP contribution in [0, 0.1) is 11.6 Å². The van der Waals surface area contributed by atoms with Crippen LogP contribution >= 0.6 is 11.6 Å². The van der Waals surface area contributed by atoms with Crippen molar-refractivity contribution in [2.75, 3.05) is 0 Å². The summed E-state index contributed by atoms with van der Waals surface area (Å²) >= 11 is 6.08. The second-order valence-electron chi connectivity index (χ2n) is 6.64. The van der Waals surface area contributed by atoms with Crippen LogP contribution in [0.15, 0.2) is 67.1 Å². The Morgan fingerprint density at radius 3 is 2.69 bits per heavy atom. The highest BCUT2D eigenvalue weighted by molar-refractivity contribution is 6.30. The number of rotatable bonds is 3. The monoisotopic (exact) mass is 406 g/mol. The maximum absolute atomic E-state index is 15.0. The summed E-state index contributed by atoms with van der Waals surface area (Å²) in [5.41, 5.74) is 2.95. The molecule has 0 aliphatic carbocycles. The van der Waals surface area contributed by atoms with Gasteiger partial charge < -0.3 is 4.57 Å². The first-order chi connectivity index (χ1) is 14.1. The lowest BCUT2D eigenvalue weighted by Crippen LogP contribution is -2.06. The molecular weight excluding hydrogens is 394 g/mol. The largest absolute Gasteiger partial charge is 0.311 e. The van der Waals surface area contributed by atoms with E-state index in [4.69, 9.17) is 11.6 Å². The van der Waals surface area contributed by atoms with Crippen LogP contribution in [0.4, 0.5) is 8.78 Å². The van der Waals surface area contributed by atoms with Gasteiger partial charge in [0, 0.05) is 33.8 Å². The molecule has 0 N–H and O–H groups in total. The third kappa shape index (κ3) is 3.11. The van der Waals surface area contributed by atoms with E-state index < -0.39 is 11.6 Å². The number of pyridine rings is 2. The van der Waals surface area contributed by atoms with Gasteiger partial charge in [0.05, 0.1) is 24.1 Å². The van der Waals surface area contributed by atoms with E-state index in [9.17, 15) is 8.78 Å². The van der Waals surface area contributed by atoms with Gasteiger partial charge in [0.1, 0.15) is 17.2 Å². The van der Waals surface area contributed by atoms with Crippen molar-refractivity contribution in [1.82, 2.24) is 19.5 Å². The molecule has 0 aliphatic heterocycles. The van der Waals surface area contributed by atoms with Gasteiger partial charge in [0.25, 0.3) is 0 Å². The molecule has 0 spiro atoms. The van der Waals surface area contributed by atoms with Crippen LogP contribution in [0.1, 0.15) is 5.56 Å². The zero-order valence-electron chi connectivity index (χ0n) is 15.0. The van der Waals surface area contributed by atoms with Crippen molar-refractivity contribution in [3.63, 3.8) is 0 Å². The number of hydrogen-bond acceptors (Lipinski definition) is 3. The summed E-state index contributed by atoms with van der Waals surface area (Å²) in [5.74, 6) is -1.28. The summed E-state index contributed by atoms with van der Waals surface area (Å²) < 4.78 is 31.2. The number of hydrogen-bond donors (Lipinski definition) is 0. The summed E-state index contributed by atoms with van der Waals surface area (Å²) in [5, 5.41) is 0.882. The molecule has 5 aromatic rings. The van der Waals surface area contributed by atoms with E-state index in [-0.39, 0.29) is 23.0 Å². The standard InChI is InChI=1S/C22H13ClF2N4/c23-14-4-1-3-13(9-14)18-6-7-19-22(28-18)29(12-27-19)11-16-17(24)10-20-15(21(16)25)5-2-8-26-20/h1-10,12H,11H2. The average Bonchev–Trinajstić information content (AvgIpc) is 3.13. The maximum atomic E-state index is 15.0. The molecule has 5 rings (SSSR count). The van der Waals surface area contributed by atoms with E-state index >= 15 is 0 Å². The second kappa shape index (κ2) is 6.90. The van der Waals surface area contributed by atoms with Gasteiger partial charge in [-0.1, -0.05) is 23.7 Å². The number of halogens is 3. The van der Waals surface area contributed by atoms with Crippen LogP contribution in [0.5, 0.6) is 0 Å². The molecule has 0 fully saturated rings. The smallest absolute Gasteiger partial charge is 0.160 e. The highest BCUT2D eigenvalue weighted by Gasteiger charge is 2.16. The van der Waals surface area contributed by atoms with E-state index in [0.717, 1.165) is 5.56 Å². The van der Waals surface area contributed by atoms with Gasteiger partial charge >= 0.3 is 0 Å². The molecule has 0 aliphatic rings. The Morgan fingerprint density at radius 1 is 0.931 bits per heavy atom. The normalized spacial score (nSPS) is 11.4. The van der Waals surface area contributed by atoms with Gasteiger partial charge in [-0.3, -0.25) is 4.98 Å². The highest BCUT2D eigenvalue weighted by atomic mass is 35.5. The molecule has 2 aromatic carbocycles. The van der Waals surface area contributed by atoms with Crippen molar-refractivity contribution in [2.45, 2.75) is 6.54 Å². The summed E-state index contributed by atoms with van der Waals surface area (Å²) in [6, 6.07) is 15.5. The molecule has 3 heterocycles. The third-order valence-corrected chi connectivity index (χ3v) is 5.04. The maximum Gasteiger partial charge on any atom is 0.160 e. The lowest BCUT2D eigenvalue weighted by molar-refractivity contribution is 0.554. The van der Waals surface area contributed by atoms with Crippen LogP contribution in [0.3, 0.4) is 0 Å². The van der Waals surface area contributed by atoms with Crippen LogP contribution < -0.4 is 0 Å². The van der Waals surface area contributed by atoms with Crippen LogP contribution in [0.2, 0.25) is 5.02 Å². The zero-order chi connectivity index (χ0) is 20.0. The minimum absolute atomic E-state index is 0.0367. The summed E-state index contributed by atoms with van der Waals surface area (Å²) in [6.07, 6.45) is 3.04. The van der Waals surface area contributed by atoms with Gasteiger partial charge in [-0.2, -0.15) is 0 Å². The predicted octanol–water partition coefficient (Wildman–Crippen LogP) is 5.63. The van der Waals surface area contributed by atoms with E-state index in [0.29, 0.717) is 21.9 Å². The topological polar surface area (TPSA) is 43.6 Å². The third-order valence-electron chi connectivity index (χ3n) is 4.80. The Labute approximate surface area is 169 Å². The van der Waals surface area contributed by atoms with Crippen LogP contribution in [0.25, 0.3) is 33.3 Å². The quantitative estimate of drug-likeness (QED) is 0.390. The second-order valence-corrected chi connectivity index (χ2v) is 7.08. The molecule has 142 valence electrons. The Balaban J connectivity index is 1.61. The lowest BCUT2D eigenvalue weighted by atomic mass is 10.1. The minimum Gasteiger partial charge on any atom is -0.311 e. The molecule has 0 atom stereocenters. The summed E-state index contributed by atoms with van der Waals surface area (Å²) in [6.45, 7) is -0.0367. The Hall–Kier alpha value is -3.38. The first-order valence-corrected chi connectivity index (χ1v) is 9.27. The first-order valence-electron chi connectivity index (χ1n) is 8.89. The van der Waals surface area contributed by atoms with Gasteiger partial charge in [0.15, 0.2) is 5.65 Å². The highest BCUT2D eigenvalue weighted by Crippen LogP contribution is 2.26. The minimum atomic E-state index is -0.651. The van der Waals surface area contributed by atoms with Crippen LogP contribution in [-0.2, 0) is 6.54 Å². The lowest BCUT2D eigenvalue weighted by Gasteiger charge is -2.10. The van der Waals surface area contributed by atoms with Gasteiger partial charge in [-0.25, -0.2) is 18.7 Å². The SMILES string of the molecule is Fc1cc2ncccc2c(F)c1Cn1cnc2ccc(-c3cccc(Cl)c3)nc21. The number of benzene rings is 2. The number of fused-ring (bicyclic) bond motifs is 2. The summed E-state index contributed by atoms with van der Waals surface area (Å²) in [4.78, 5) is 13.0. The van der Waals surface area contributed by atoms with Gasteiger partial charge in [-0.15, -0.1) is 0 Å². The average molecular weight is 407 g/mol. The molecule has 3 aromatic heterocycles. The molecule has 4 nitrogen and oxygen atoms in total. The molecular formula is C22H13ClF2N4. The van der Waals surface area contributed by atoms with Gasteiger partial charge in [0.2, 0.25) is 0 Å². The Bertz CT molecular complexity index is 1380. The van der Waals surface area contributed by atoms with Crippen molar-refractivity contribution in [3.05, 3.63) is 89.3 Å². The van der Waals surface area contributed by atoms with Crippen molar-refractivity contribution in [2.24, 2.45) is 0 Å². The number of imidazole rings is 1. The molecule has 0 saturated heterocycles. The van der Waals surface area contributed by atoms with Crippen molar-refractivity contribution >= 4 is 33.7 Å². The van der Waals surface area contributed by atoms with Crippen molar-refractivity contribution in [3.8, 4) is 11.3 Å². The van der Waals surface area contributed by atoms with Gasteiger partial charge in [-0.05, 0) is 36.4 Å². The fourth-order valence-corrected chi connectivity index (χ4v) is 3.56. The number of aromatic nitrogens is 4. The predicted molar refractivity (Wildman–Crippen MR) is 109 cm³/mol. The Morgan fingerprint density at radius 2 is 1.83 bits per heavy atom. The van der Waals surface area contributed by atoms with E-state index in [1.807, 2.05) is 30.3 Å². The molecule has 0 bridgehead atoms. The molecule has 0 radical (unpaired) electrons. The van der Waals surface area contributed by atoms with E-state index in [1.54, 1.807) is 22.8 Å². The molecule has 29 heavy (non-hydrogen) atoms. The Kier molecular flexibility index (Phi) is 4.21. The number of nitrogens with zero attached hydrogens (tertiary/aromatic N) is 4. The fraction of sp³-hybridized carbons (Fsp3) is 0.0455. The summed E-state index contributed by atoms with van der Waals surface area (Å²) in [7, 11) is 0. The van der Waals surface area contributed by atoms with E-state index in [2.05, 4.69) is 15.0 Å². The fourth-order valence-electron chi connectivity index (χ4n) is 3.37. The molecule has 0 amide bonds. The van der Waals surface area contributed by atoms with Crippen molar-refractivity contribution in [1.29, 1.82) is 0 Å². The van der Waals surface area contributed by atoms with E-state index in [1.165, 1.54) is 18.6 Å². The molecule has 0 saturated carbocycles. The molecule has 7 heteroatoms. The zero-order valence-corrected chi connectivity index (χ0v) is 15.7. The molecule has 0 unspecified atom stereocenters. The van der Waals surface area contributed by atoms with Crippen LogP contribution in [-0.4, -0.2) is 19.5 Å².